The first-order valence-electron chi connectivity index (χ1n) is 5.31. The number of nitrogens with two attached hydrogens (primary N) is 1. The Bertz CT molecular complexity index is 299. The van der Waals surface area contributed by atoms with Crippen LogP contribution in [-0.4, -0.2) is 26.8 Å². The molecule has 0 heterocycles. The minimum Gasteiger partial charge on any atom is -0.329 e. The number of nitrogens with one attached hydrogen (secondary N) is 1. The molecule has 1 unspecified atom stereocenters. The Balaban J connectivity index is 0.00000112. The standard InChI is InChI=1S/C9H18N2O2S.ClH/c10-5-9(8-3-4-8)11-14(12,13)6-7-1-2-7;/h7-9,11H,1-6,10H2;1H. The molecule has 1 atom stereocenters. The Morgan fingerprint density at radius 2 is 1.87 bits per heavy atom. The lowest BCUT2D eigenvalue weighted by atomic mass is 10.2. The van der Waals surface area contributed by atoms with E-state index in [0.717, 1.165) is 25.7 Å². The molecule has 90 valence electrons. The average Bonchev–Trinajstić information content (AvgIpc) is 2.91. The van der Waals surface area contributed by atoms with Crippen molar-refractivity contribution in [3.05, 3.63) is 0 Å². The second-order valence-electron chi connectivity index (χ2n) is 4.52. The molecule has 0 aromatic carbocycles. The van der Waals surface area contributed by atoms with E-state index in [1.165, 1.54) is 0 Å². The van der Waals surface area contributed by atoms with Gasteiger partial charge >= 0.3 is 0 Å². The Labute approximate surface area is 97.5 Å². The van der Waals surface area contributed by atoms with E-state index in [4.69, 9.17) is 5.73 Å². The van der Waals surface area contributed by atoms with Gasteiger partial charge in [0, 0.05) is 12.6 Å². The number of hydrogen-bond donors (Lipinski definition) is 2. The van der Waals surface area contributed by atoms with E-state index in [9.17, 15) is 8.42 Å². The summed E-state index contributed by atoms with van der Waals surface area (Å²) >= 11 is 0. The van der Waals surface area contributed by atoms with E-state index in [1.54, 1.807) is 0 Å². The Hall–Kier alpha value is 0.160. The van der Waals surface area contributed by atoms with Crippen LogP contribution in [0.3, 0.4) is 0 Å². The van der Waals surface area contributed by atoms with Gasteiger partial charge in [-0.05, 0) is 37.5 Å². The molecule has 2 fully saturated rings. The lowest BCUT2D eigenvalue weighted by Crippen LogP contribution is -2.42. The van der Waals surface area contributed by atoms with Gasteiger partial charge in [0.15, 0.2) is 0 Å². The molecule has 2 aliphatic carbocycles. The minimum atomic E-state index is -3.06. The highest BCUT2D eigenvalue weighted by Gasteiger charge is 2.35. The second kappa shape index (κ2) is 4.99. The number of rotatable bonds is 6. The van der Waals surface area contributed by atoms with Gasteiger partial charge in [-0.25, -0.2) is 13.1 Å². The summed E-state index contributed by atoms with van der Waals surface area (Å²) in [6, 6.07) is -0.0150. The molecule has 0 aliphatic heterocycles. The topological polar surface area (TPSA) is 72.2 Å². The smallest absolute Gasteiger partial charge is 0.212 e. The zero-order chi connectivity index (χ0) is 10.2. The SMILES string of the molecule is Cl.NCC(NS(=O)(=O)CC1CC1)C1CC1. The maximum atomic E-state index is 11.6. The molecule has 0 aromatic rings. The summed E-state index contributed by atoms with van der Waals surface area (Å²) in [6.45, 7) is 0.425. The normalized spacial score (nSPS) is 23.3. The number of hydrogen-bond acceptors (Lipinski definition) is 3. The third kappa shape index (κ3) is 4.26. The van der Waals surface area contributed by atoms with Crippen molar-refractivity contribution in [3.63, 3.8) is 0 Å². The van der Waals surface area contributed by atoms with Crippen molar-refractivity contribution in [1.29, 1.82) is 0 Å². The van der Waals surface area contributed by atoms with Crippen LogP contribution in [0, 0.1) is 11.8 Å². The first kappa shape index (κ1) is 13.2. The van der Waals surface area contributed by atoms with E-state index in [2.05, 4.69) is 4.72 Å². The quantitative estimate of drug-likeness (QED) is 0.724. The molecule has 0 bridgehead atoms. The highest BCUT2D eigenvalue weighted by atomic mass is 35.5. The van der Waals surface area contributed by atoms with Crippen molar-refractivity contribution < 1.29 is 8.42 Å². The van der Waals surface area contributed by atoms with Crippen LogP contribution in [0.5, 0.6) is 0 Å². The molecule has 15 heavy (non-hydrogen) atoms. The lowest BCUT2D eigenvalue weighted by Gasteiger charge is -2.15. The van der Waals surface area contributed by atoms with Gasteiger partial charge in [-0.15, -0.1) is 12.4 Å². The summed E-state index contributed by atoms with van der Waals surface area (Å²) < 4.78 is 26.0. The van der Waals surface area contributed by atoms with Crippen LogP contribution in [-0.2, 0) is 10.0 Å². The van der Waals surface area contributed by atoms with Gasteiger partial charge in [0.25, 0.3) is 0 Å². The molecule has 2 saturated carbocycles. The van der Waals surface area contributed by atoms with Gasteiger partial charge < -0.3 is 5.73 Å². The van der Waals surface area contributed by atoms with E-state index in [-0.39, 0.29) is 18.4 Å². The fourth-order valence-corrected chi connectivity index (χ4v) is 3.51. The van der Waals surface area contributed by atoms with Gasteiger partial charge in [-0.1, -0.05) is 0 Å². The van der Waals surface area contributed by atoms with Gasteiger partial charge in [-0.2, -0.15) is 0 Å². The van der Waals surface area contributed by atoms with Crippen LogP contribution in [0.4, 0.5) is 0 Å². The van der Waals surface area contributed by atoms with Crippen molar-refractivity contribution in [2.75, 3.05) is 12.3 Å². The first-order chi connectivity index (χ1) is 6.61. The van der Waals surface area contributed by atoms with Gasteiger partial charge in [0.1, 0.15) is 0 Å². The predicted molar refractivity (Wildman–Crippen MR) is 62.5 cm³/mol. The summed E-state index contributed by atoms with van der Waals surface area (Å²) in [7, 11) is -3.06. The highest BCUT2D eigenvalue weighted by molar-refractivity contribution is 7.89. The molecule has 2 rings (SSSR count). The van der Waals surface area contributed by atoms with Crippen molar-refractivity contribution in [3.8, 4) is 0 Å². The fraction of sp³-hybridized carbons (Fsp3) is 1.00. The monoisotopic (exact) mass is 254 g/mol. The largest absolute Gasteiger partial charge is 0.329 e. The van der Waals surface area contributed by atoms with Crippen molar-refractivity contribution >= 4 is 22.4 Å². The molecule has 6 heteroatoms. The maximum absolute atomic E-state index is 11.6. The summed E-state index contributed by atoms with van der Waals surface area (Å²) in [5, 5.41) is 0. The van der Waals surface area contributed by atoms with Crippen LogP contribution in [0.2, 0.25) is 0 Å². The molecular formula is C9H19ClN2O2S. The van der Waals surface area contributed by atoms with Crippen LogP contribution in [0.1, 0.15) is 25.7 Å². The average molecular weight is 255 g/mol. The number of sulfonamides is 1. The van der Waals surface area contributed by atoms with Crippen molar-refractivity contribution in [2.24, 2.45) is 17.6 Å². The van der Waals surface area contributed by atoms with Crippen LogP contribution < -0.4 is 10.5 Å². The predicted octanol–water partition coefficient (Wildman–Crippen LogP) is 0.475. The number of halogens is 1. The fourth-order valence-electron chi connectivity index (χ4n) is 1.71. The molecule has 4 nitrogen and oxygen atoms in total. The zero-order valence-electron chi connectivity index (χ0n) is 8.69. The lowest BCUT2D eigenvalue weighted by molar-refractivity contribution is 0.517. The third-order valence-electron chi connectivity index (χ3n) is 2.93. The Morgan fingerprint density at radius 1 is 1.27 bits per heavy atom. The molecule has 3 N–H and O–H groups in total. The Kier molecular flexibility index (Phi) is 4.40. The van der Waals surface area contributed by atoms with Gasteiger partial charge in [0.05, 0.1) is 5.75 Å². The van der Waals surface area contributed by atoms with Crippen LogP contribution >= 0.6 is 12.4 Å². The van der Waals surface area contributed by atoms with Gasteiger partial charge in [-0.3, -0.25) is 0 Å². The molecule has 0 saturated heterocycles. The molecular weight excluding hydrogens is 236 g/mol. The highest BCUT2D eigenvalue weighted by Crippen LogP contribution is 2.33. The molecule has 0 spiro atoms. The van der Waals surface area contributed by atoms with E-state index < -0.39 is 10.0 Å². The summed E-state index contributed by atoms with van der Waals surface area (Å²) in [5.41, 5.74) is 5.54. The second-order valence-corrected chi connectivity index (χ2v) is 6.32. The molecule has 0 aromatic heterocycles. The van der Waals surface area contributed by atoms with Crippen molar-refractivity contribution in [2.45, 2.75) is 31.7 Å². The van der Waals surface area contributed by atoms with Gasteiger partial charge in [0.2, 0.25) is 10.0 Å². The summed E-state index contributed by atoms with van der Waals surface area (Å²) in [4.78, 5) is 0. The van der Waals surface area contributed by atoms with Crippen LogP contribution in [0.25, 0.3) is 0 Å². The summed E-state index contributed by atoms with van der Waals surface area (Å²) in [5.74, 6) is 1.20. The molecule has 2 aliphatic rings. The Morgan fingerprint density at radius 3 is 2.27 bits per heavy atom. The zero-order valence-corrected chi connectivity index (χ0v) is 10.3. The third-order valence-corrected chi connectivity index (χ3v) is 4.50. The van der Waals surface area contributed by atoms with E-state index in [1.807, 2.05) is 0 Å². The van der Waals surface area contributed by atoms with Crippen LogP contribution in [0.15, 0.2) is 0 Å². The van der Waals surface area contributed by atoms with Crippen molar-refractivity contribution in [1.82, 2.24) is 4.72 Å². The molecule has 0 radical (unpaired) electrons. The molecule has 0 amide bonds. The summed E-state index contributed by atoms with van der Waals surface area (Å²) in [6.07, 6.45) is 4.37. The maximum Gasteiger partial charge on any atom is 0.212 e. The first-order valence-corrected chi connectivity index (χ1v) is 6.96. The van der Waals surface area contributed by atoms with E-state index >= 15 is 0 Å². The minimum absolute atomic E-state index is 0. The van der Waals surface area contributed by atoms with E-state index in [0.29, 0.717) is 24.1 Å².